The summed E-state index contributed by atoms with van der Waals surface area (Å²) in [7, 11) is 1.58. The lowest BCUT2D eigenvalue weighted by Crippen LogP contribution is -2.31. The quantitative estimate of drug-likeness (QED) is 0.446. The van der Waals surface area contributed by atoms with Gasteiger partial charge in [-0.2, -0.15) is 0 Å². The van der Waals surface area contributed by atoms with E-state index in [1.807, 2.05) is 55.5 Å². The molecule has 0 saturated carbocycles. The molecule has 0 aliphatic rings. The Kier molecular flexibility index (Phi) is 5.89. The van der Waals surface area contributed by atoms with E-state index in [4.69, 9.17) is 13.9 Å². The normalized spacial score (nSPS) is 11.9. The standard InChI is InChI=1S/C25H23NO5/c1-16(20-9-5-7-17-6-3-4-8-21(17)20)26-24(27)15-31-25(28)12-18-14-30-23-13-19(29-2)10-11-22(18)23/h3-11,13-14,16H,12,15H2,1-2H3,(H,26,27). The Hall–Kier alpha value is -3.80. The van der Waals surface area contributed by atoms with Gasteiger partial charge in [0.2, 0.25) is 0 Å². The second-order valence-corrected chi connectivity index (χ2v) is 7.32. The molecule has 0 aliphatic heterocycles. The van der Waals surface area contributed by atoms with E-state index in [2.05, 4.69) is 5.32 Å². The van der Waals surface area contributed by atoms with Crippen LogP contribution in [0.3, 0.4) is 0 Å². The molecule has 3 aromatic carbocycles. The number of carbonyl (C=O) groups is 2. The van der Waals surface area contributed by atoms with Crippen molar-refractivity contribution in [1.29, 1.82) is 0 Å². The molecule has 6 nitrogen and oxygen atoms in total. The molecule has 4 rings (SSSR count). The van der Waals surface area contributed by atoms with Crippen molar-refractivity contribution in [3.05, 3.63) is 78.1 Å². The third-order valence-corrected chi connectivity index (χ3v) is 5.23. The first kappa shape index (κ1) is 20.5. The zero-order chi connectivity index (χ0) is 21.8. The number of amides is 1. The van der Waals surface area contributed by atoms with Crippen LogP contribution in [0.5, 0.6) is 5.75 Å². The van der Waals surface area contributed by atoms with E-state index in [1.54, 1.807) is 19.2 Å². The Labute approximate surface area is 179 Å². The summed E-state index contributed by atoms with van der Waals surface area (Å²) < 4.78 is 15.8. The van der Waals surface area contributed by atoms with Crippen molar-refractivity contribution in [2.75, 3.05) is 13.7 Å². The summed E-state index contributed by atoms with van der Waals surface area (Å²) in [5.41, 5.74) is 2.34. The van der Waals surface area contributed by atoms with Gasteiger partial charge in [0.15, 0.2) is 6.61 Å². The molecule has 158 valence electrons. The van der Waals surface area contributed by atoms with Crippen LogP contribution in [0.15, 0.2) is 71.3 Å². The van der Waals surface area contributed by atoms with Crippen LogP contribution in [0.2, 0.25) is 0 Å². The van der Waals surface area contributed by atoms with Gasteiger partial charge in [0, 0.05) is 17.0 Å². The fourth-order valence-corrected chi connectivity index (χ4v) is 3.67. The SMILES string of the molecule is COc1ccc2c(CC(=O)OCC(=O)NC(C)c3cccc4ccccc34)coc2c1. The molecule has 31 heavy (non-hydrogen) atoms. The zero-order valence-corrected chi connectivity index (χ0v) is 17.4. The third-order valence-electron chi connectivity index (χ3n) is 5.23. The van der Waals surface area contributed by atoms with Crippen LogP contribution in [0.25, 0.3) is 21.7 Å². The maximum Gasteiger partial charge on any atom is 0.310 e. The lowest BCUT2D eigenvalue weighted by molar-refractivity contribution is -0.148. The minimum atomic E-state index is -0.494. The summed E-state index contributed by atoms with van der Waals surface area (Å²) >= 11 is 0. The summed E-state index contributed by atoms with van der Waals surface area (Å²) in [4.78, 5) is 24.6. The van der Waals surface area contributed by atoms with Crippen LogP contribution >= 0.6 is 0 Å². The van der Waals surface area contributed by atoms with E-state index < -0.39 is 5.97 Å². The highest BCUT2D eigenvalue weighted by molar-refractivity contribution is 5.89. The molecule has 1 N–H and O–H groups in total. The molecular weight excluding hydrogens is 394 g/mol. The molecule has 1 heterocycles. The predicted octanol–water partition coefficient (Wildman–Crippen LogP) is 4.56. The summed E-state index contributed by atoms with van der Waals surface area (Å²) in [5, 5.41) is 5.90. The van der Waals surface area contributed by atoms with Gasteiger partial charge < -0.3 is 19.2 Å². The molecule has 0 spiro atoms. The topological polar surface area (TPSA) is 77.8 Å². The number of carbonyl (C=O) groups excluding carboxylic acids is 2. The van der Waals surface area contributed by atoms with Crippen LogP contribution in [0, 0.1) is 0 Å². The van der Waals surface area contributed by atoms with Gasteiger partial charge >= 0.3 is 5.97 Å². The number of furan rings is 1. The third kappa shape index (κ3) is 4.53. The molecule has 1 unspecified atom stereocenters. The van der Waals surface area contributed by atoms with E-state index in [-0.39, 0.29) is 25.0 Å². The van der Waals surface area contributed by atoms with Crippen LogP contribution in [-0.4, -0.2) is 25.6 Å². The first-order valence-electron chi connectivity index (χ1n) is 10.0. The number of nitrogens with one attached hydrogen (secondary N) is 1. The fraction of sp³-hybridized carbons (Fsp3) is 0.200. The van der Waals surface area contributed by atoms with Crippen molar-refractivity contribution in [2.45, 2.75) is 19.4 Å². The number of benzene rings is 3. The number of ether oxygens (including phenoxy) is 2. The van der Waals surface area contributed by atoms with Gasteiger partial charge in [-0.3, -0.25) is 9.59 Å². The van der Waals surface area contributed by atoms with E-state index in [1.165, 1.54) is 6.26 Å². The second-order valence-electron chi connectivity index (χ2n) is 7.32. The van der Waals surface area contributed by atoms with E-state index in [9.17, 15) is 9.59 Å². The minimum Gasteiger partial charge on any atom is -0.497 e. The summed E-state index contributed by atoms with van der Waals surface area (Å²) in [6.07, 6.45) is 1.54. The number of hydrogen-bond donors (Lipinski definition) is 1. The van der Waals surface area contributed by atoms with Crippen LogP contribution in [0.4, 0.5) is 0 Å². The first-order valence-corrected chi connectivity index (χ1v) is 10.0. The largest absolute Gasteiger partial charge is 0.497 e. The van der Waals surface area contributed by atoms with Crippen molar-refractivity contribution in [3.8, 4) is 5.75 Å². The van der Waals surface area contributed by atoms with Gasteiger partial charge in [-0.1, -0.05) is 42.5 Å². The number of rotatable bonds is 7. The van der Waals surface area contributed by atoms with Crippen molar-refractivity contribution in [1.82, 2.24) is 5.32 Å². The molecule has 1 amide bonds. The van der Waals surface area contributed by atoms with Gasteiger partial charge in [0.05, 0.1) is 25.8 Å². The highest BCUT2D eigenvalue weighted by Gasteiger charge is 2.16. The average Bonchev–Trinajstić information content (AvgIpc) is 3.19. The van der Waals surface area contributed by atoms with Crippen LogP contribution in [0.1, 0.15) is 24.1 Å². The predicted molar refractivity (Wildman–Crippen MR) is 118 cm³/mol. The summed E-state index contributed by atoms with van der Waals surface area (Å²) in [6, 6.07) is 19.2. The summed E-state index contributed by atoms with van der Waals surface area (Å²) in [5.74, 6) is -0.171. The maximum absolute atomic E-state index is 12.3. The lowest BCUT2D eigenvalue weighted by Gasteiger charge is -2.16. The van der Waals surface area contributed by atoms with Gasteiger partial charge in [-0.25, -0.2) is 0 Å². The fourth-order valence-electron chi connectivity index (χ4n) is 3.67. The van der Waals surface area contributed by atoms with Crippen LogP contribution in [-0.2, 0) is 20.7 Å². The molecule has 0 saturated heterocycles. The number of esters is 1. The Morgan fingerprint density at radius 1 is 1.03 bits per heavy atom. The van der Waals surface area contributed by atoms with E-state index in [0.717, 1.165) is 21.7 Å². The monoisotopic (exact) mass is 417 g/mol. The smallest absolute Gasteiger partial charge is 0.310 e. The Morgan fingerprint density at radius 3 is 2.68 bits per heavy atom. The zero-order valence-electron chi connectivity index (χ0n) is 17.4. The highest BCUT2D eigenvalue weighted by Crippen LogP contribution is 2.26. The lowest BCUT2D eigenvalue weighted by atomic mass is 10.00. The van der Waals surface area contributed by atoms with Crippen molar-refractivity contribution < 1.29 is 23.5 Å². The Balaban J connectivity index is 1.34. The van der Waals surface area contributed by atoms with Gasteiger partial charge in [0.25, 0.3) is 5.91 Å². The van der Waals surface area contributed by atoms with Crippen LogP contribution < -0.4 is 10.1 Å². The molecule has 1 aromatic heterocycles. The highest BCUT2D eigenvalue weighted by atomic mass is 16.5. The van der Waals surface area contributed by atoms with Crippen molar-refractivity contribution >= 4 is 33.6 Å². The Morgan fingerprint density at radius 2 is 1.84 bits per heavy atom. The molecule has 4 aromatic rings. The van der Waals surface area contributed by atoms with Gasteiger partial charge in [0.1, 0.15) is 11.3 Å². The molecule has 0 radical (unpaired) electrons. The van der Waals surface area contributed by atoms with E-state index in [0.29, 0.717) is 16.9 Å². The van der Waals surface area contributed by atoms with Gasteiger partial charge in [-0.05, 0) is 35.4 Å². The molecule has 0 fully saturated rings. The number of hydrogen-bond acceptors (Lipinski definition) is 5. The molecule has 0 aliphatic carbocycles. The Bertz CT molecular complexity index is 1240. The second kappa shape index (κ2) is 8.92. The average molecular weight is 417 g/mol. The maximum atomic E-state index is 12.3. The minimum absolute atomic E-state index is 0.0193. The van der Waals surface area contributed by atoms with Crippen molar-refractivity contribution in [3.63, 3.8) is 0 Å². The van der Waals surface area contributed by atoms with Gasteiger partial charge in [-0.15, -0.1) is 0 Å². The molecule has 6 heteroatoms. The van der Waals surface area contributed by atoms with Crippen molar-refractivity contribution in [2.24, 2.45) is 0 Å². The molecule has 0 bridgehead atoms. The number of fused-ring (bicyclic) bond motifs is 2. The number of methoxy groups -OCH3 is 1. The molecule has 1 atom stereocenters. The first-order chi connectivity index (χ1) is 15.0. The molecular formula is C25H23NO5. The summed E-state index contributed by atoms with van der Waals surface area (Å²) in [6.45, 7) is 1.57. The van der Waals surface area contributed by atoms with E-state index >= 15 is 0 Å².